The second kappa shape index (κ2) is 63.5. The first kappa shape index (κ1) is 87.1. The molecule has 0 fully saturated rings. The van der Waals surface area contributed by atoms with Crippen molar-refractivity contribution in [2.75, 3.05) is 39.6 Å². The Morgan fingerprint density at radius 2 is 0.539 bits per heavy atom. The van der Waals surface area contributed by atoms with E-state index in [0.717, 1.165) is 109 Å². The number of esters is 4. The number of carbonyl (C=O) groups excluding carboxylic acids is 4. The molecule has 0 aromatic carbocycles. The van der Waals surface area contributed by atoms with Crippen LogP contribution < -0.4 is 0 Å². The van der Waals surface area contributed by atoms with E-state index in [4.69, 9.17) is 37.0 Å². The summed E-state index contributed by atoms with van der Waals surface area (Å²) in [6, 6.07) is 0. The molecule has 0 aromatic rings. The third-order valence-corrected chi connectivity index (χ3v) is 18.5. The predicted octanol–water partition coefficient (Wildman–Crippen LogP) is 20.1. The van der Waals surface area contributed by atoms with Gasteiger partial charge in [0.2, 0.25) is 0 Å². The van der Waals surface area contributed by atoms with Crippen LogP contribution in [0.1, 0.15) is 362 Å². The van der Waals surface area contributed by atoms with E-state index in [1.54, 1.807) is 0 Å². The molecule has 6 atom stereocenters. The first-order chi connectivity index (χ1) is 43.1. The first-order valence-electron chi connectivity index (χ1n) is 36.7. The lowest BCUT2D eigenvalue weighted by Gasteiger charge is -2.21. The lowest BCUT2D eigenvalue weighted by atomic mass is 9.99. The number of hydrogen-bond acceptors (Lipinski definition) is 15. The average Bonchev–Trinajstić information content (AvgIpc) is 3.67. The quantitative estimate of drug-likeness (QED) is 0.0222. The van der Waals surface area contributed by atoms with Crippen molar-refractivity contribution >= 4 is 39.5 Å². The SMILES string of the molecule is CCCCCCCCCCCCCCCCCCCCCC(=O)O[C@H](COC(=O)CCCCCCCCCCC(C)CC)COP(=O)(O)OC[C@@H](O)COP(=O)(O)OC[C@@H](COC(=O)CCCCCCCCC)OC(=O)CCCCCCCCCCCCC. The molecule has 0 heterocycles. The number of phosphoric acid groups is 2. The van der Waals surface area contributed by atoms with Gasteiger partial charge in [-0.15, -0.1) is 0 Å². The van der Waals surface area contributed by atoms with Gasteiger partial charge in [-0.3, -0.25) is 37.3 Å². The van der Waals surface area contributed by atoms with Gasteiger partial charge in [0, 0.05) is 25.7 Å². The highest BCUT2D eigenvalue weighted by atomic mass is 31.2. The highest BCUT2D eigenvalue weighted by Crippen LogP contribution is 2.45. The summed E-state index contributed by atoms with van der Waals surface area (Å²) < 4.78 is 68.2. The number of carbonyl (C=O) groups is 4. The van der Waals surface area contributed by atoms with Gasteiger partial charge in [0.05, 0.1) is 26.4 Å². The normalized spacial score (nSPS) is 14.4. The lowest BCUT2D eigenvalue weighted by Crippen LogP contribution is -2.30. The Morgan fingerprint density at radius 3 is 0.798 bits per heavy atom. The Labute approximate surface area is 543 Å². The topological polar surface area (TPSA) is 237 Å². The molecule has 3 N–H and O–H groups in total. The molecular weight excluding hydrogens is 1170 g/mol. The van der Waals surface area contributed by atoms with Crippen molar-refractivity contribution in [1.82, 2.24) is 0 Å². The van der Waals surface area contributed by atoms with Gasteiger partial charge in [0.1, 0.15) is 19.3 Å². The number of aliphatic hydroxyl groups is 1. The van der Waals surface area contributed by atoms with Crippen LogP contribution in [0.4, 0.5) is 0 Å². The molecule has 3 unspecified atom stereocenters. The van der Waals surface area contributed by atoms with E-state index in [-0.39, 0.29) is 25.7 Å². The molecule has 19 heteroatoms. The monoisotopic (exact) mass is 1310 g/mol. The Bertz CT molecular complexity index is 1720. The molecule has 0 amide bonds. The van der Waals surface area contributed by atoms with Crippen LogP contribution in [-0.4, -0.2) is 96.7 Å². The summed E-state index contributed by atoms with van der Waals surface area (Å²) >= 11 is 0. The van der Waals surface area contributed by atoms with Crippen molar-refractivity contribution < 1.29 is 80.2 Å². The minimum Gasteiger partial charge on any atom is -0.462 e. The highest BCUT2D eigenvalue weighted by Gasteiger charge is 2.30. The van der Waals surface area contributed by atoms with Crippen LogP contribution in [-0.2, 0) is 65.4 Å². The number of phosphoric ester groups is 2. The van der Waals surface area contributed by atoms with Crippen LogP contribution in [0, 0.1) is 5.92 Å². The molecule has 0 aliphatic carbocycles. The third-order valence-electron chi connectivity index (χ3n) is 16.6. The van der Waals surface area contributed by atoms with Crippen molar-refractivity contribution in [1.29, 1.82) is 0 Å². The van der Waals surface area contributed by atoms with Crippen LogP contribution in [0.15, 0.2) is 0 Å². The van der Waals surface area contributed by atoms with Gasteiger partial charge >= 0.3 is 39.5 Å². The zero-order valence-electron chi connectivity index (χ0n) is 57.6. The van der Waals surface area contributed by atoms with Crippen LogP contribution in [0.5, 0.6) is 0 Å². The van der Waals surface area contributed by atoms with E-state index in [1.807, 2.05) is 0 Å². The Kier molecular flexibility index (Phi) is 62.1. The van der Waals surface area contributed by atoms with Gasteiger partial charge < -0.3 is 33.8 Å². The second-order valence-corrected chi connectivity index (χ2v) is 28.4. The standard InChI is InChI=1S/C70H136O17P2/c1-6-10-13-16-19-21-23-24-25-26-27-28-29-30-32-34-41-46-51-56-70(75)87-66(60-81-68(73)54-49-44-39-36-35-38-42-47-52-63(5)9-4)62-85-89(78,79)83-58-64(71)57-82-88(76,77)84-61-65(59-80-67(72)53-48-43-37-18-15-12-8-3)86-69(74)55-50-45-40-33-31-22-20-17-14-11-7-2/h63-66,71H,6-62H2,1-5H3,(H,76,77)(H,78,79)/t63?,64-,65+,66+/m0/s1. The number of unbranched alkanes of at least 4 members (excludes halogenated alkanes) is 41. The Hall–Kier alpha value is -1.94. The molecule has 0 saturated heterocycles. The predicted molar refractivity (Wildman–Crippen MR) is 358 cm³/mol. The summed E-state index contributed by atoms with van der Waals surface area (Å²) in [6.45, 7) is 7.20. The molecule has 0 aliphatic heterocycles. The van der Waals surface area contributed by atoms with Crippen molar-refractivity contribution in [3.8, 4) is 0 Å². The first-order valence-corrected chi connectivity index (χ1v) is 39.7. The van der Waals surface area contributed by atoms with Crippen molar-refractivity contribution in [2.24, 2.45) is 5.92 Å². The molecular formula is C70H136O17P2. The molecule has 0 aliphatic rings. The van der Waals surface area contributed by atoms with Crippen molar-refractivity contribution in [2.45, 2.75) is 380 Å². The van der Waals surface area contributed by atoms with Crippen LogP contribution in [0.3, 0.4) is 0 Å². The molecule has 0 saturated carbocycles. The second-order valence-electron chi connectivity index (χ2n) is 25.5. The maximum atomic E-state index is 13.0. The van der Waals surface area contributed by atoms with Gasteiger partial charge in [0.15, 0.2) is 12.2 Å². The summed E-state index contributed by atoms with van der Waals surface area (Å²) in [7, 11) is -9.89. The van der Waals surface area contributed by atoms with Crippen molar-refractivity contribution in [3.05, 3.63) is 0 Å². The lowest BCUT2D eigenvalue weighted by molar-refractivity contribution is -0.161. The molecule has 0 radical (unpaired) electrons. The third kappa shape index (κ3) is 63.2. The number of hydrogen-bond donors (Lipinski definition) is 3. The summed E-state index contributed by atoms with van der Waals surface area (Å²) in [4.78, 5) is 72.4. The van der Waals surface area contributed by atoms with E-state index < -0.39 is 97.5 Å². The van der Waals surface area contributed by atoms with Gasteiger partial charge in [-0.2, -0.15) is 0 Å². The minimum absolute atomic E-state index is 0.107. The van der Waals surface area contributed by atoms with Crippen molar-refractivity contribution in [3.63, 3.8) is 0 Å². The number of ether oxygens (including phenoxy) is 4. The zero-order valence-corrected chi connectivity index (χ0v) is 59.4. The summed E-state index contributed by atoms with van der Waals surface area (Å²) in [5.41, 5.74) is 0. The molecule has 528 valence electrons. The van der Waals surface area contributed by atoms with E-state index in [0.29, 0.717) is 25.7 Å². The molecule has 17 nitrogen and oxygen atoms in total. The van der Waals surface area contributed by atoms with Crippen LogP contribution in [0.2, 0.25) is 0 Å². The summed E-state index contributed by atoms with van der Waals surface area (Å²) in [5, 5.41) is 10.6. The number of aliphatic hydroxyl groups excluding tert-OH is 1. The van der Waals surface area contributed by atoms with Crippen LogP contribution >= 0.6 is 15.6 Å². The minimum atomic E-state index is -4.95. The maximum absolute atomic E-state index is 13.0. The smallest absolute Gasteiger partial charge is 0.462 e. The van der Waals surface area contributed by atoms with Gasteiger partial charge in [-0.25, -0.2) is 9.13 Å². The van der Waals surface area contributed by atoms with E-state index in [2.05, 4.69) is 34.6 Å². The average molecular weight is 1310 g/mol. The van der Waals surface area contributed by atoms with Gasteiger partial charge in [0.25, 0.3) is 0 Å². The maximum Gasteiger partial charge on any atom is 0.472 e. The van der Waals surface area contributed by atoms with Gasteiger partial charge in [-0.1, -0.05) is 311 Å². The Morgan fingerprint density at radius 1 is 0.315 bits per heavy atom. The van der Waals surface area contributed by atoms with Crippen LogP contribution in [0.25, 0.3) is 0 Å². The molecule has 0 bridgehead atoms. The molecule has 0 aromatic heterocycles. The summed E-state index contributed by atoms with van der Waals surface area (Å²) in [6.07, 6.45) is 50.1. The van der Waals surface area contributed by atoms with E-state index >= 15 is 0 Å². The largest absolute Gasteiger partial charge is 0.472 e. The molecule has 89 heavy (non-hydrogen) atoms. The Balaban J connectivity index is 5.17. The number of rotatable bonds is 70. The molecule has 0 spiro atoms. The summed E-state index contributed by atoms with van der Waals surface area (Å²) in [5.74, 6) is -1.35. The fourth-order valence-corrected chi connectivity index (χ4v) is 12.2. The van der Waals surface area contributed by atoms with Gasteiger partial charge in [-0.05, 0) is 31.6 Å². The molecule has 0 rings (SSSR count). The highest BCUT2D eigenvalue weighted by molar-refractivity contribution is 7.47. The fraction of sp³-hybridized carbons (Fsp3) is 0.943. The fourth-order valence-electron chi connectivity index (χ4n) is 10.6. The van der Waals surface area contributed by atoms with E-state index in [1.165, 1.54) is 173 Å². The zero-order chi connectivity index (χ0) is 65.6. The van der Waals surface area contributed by atoms with E-state index in [9.17, 15) is 43.2 Å².